The summed E-state index contributed by atoms with van der Waals surface area (Å²) in [5.74, 6) is -0.0438. The van der Waals surface area contributed by atoms with Crippen molar-refractivity contribution in [1.82, 2.24) is 5.32 Å². The topological polar surface area (TPSA) is 95.9 Å². The van der Waals surface area contributed by atoms with Gasteiger partial charge in [0.05, 0.1) is 25.4 Å². The van der Waals surface area contributed by atoms with Crippen LogP contribution in [0.1, 0.15) is 444 Å². The fourth-order valence-corrected chi connectivity index (χ4v) is 12.5. The SMILES string of the molecule is CCCCCCCCCCCCCCCCCCCCCCCC/C=C/C(O)C(CO)NC(=O)CCCCCCCCCCCCC/C=C\CCCCCCCCCCCCCCOC(=O)CCCCCCCCCCCCCCCCCCC. The van der Waals surface area contributed by atoms with Gasteiger partial charge in [0.1, 0.15) is 0 Å². The Kier molecular flexibility index (Phi) is 73.3. The quantitative estimate of drug-likeness (QED) is 0.0320. The number of aliphatic hydroxyl groups excluding tert-OH is 2. The lowest BCUT2D eigenvalue weighted by atomic mass is 10.0. The van der Waals surface area contributed by atoms with Crippen LogP contribution >= 0.6 is 0 Å². The molecule has 0 heterocycles. The maximum absolute atomic E-state index is 12.5. The van der Waals surface area contributed by atoms with Gasteiger partial charge >= 0.3 is 5.97 Å². The monoisotopic (exact) mass is 1200 g/mol. The number of nitrogens with one attached hydrogen (secondary N) is 1. The van der Waals surface area contributed by atoms with Crippen molar-refractivity contribution < 1.29 is 24.5 Å². The maximum atomic E-state index is 12.5. The van der Waals surface area contributed by atoms with Gasteiger partial charge in [-0.15, -0.1) is 0 Å². The second-order valence-corrected chi connectivity index (χ2v) is 27.0. The van der Waals surface area contributed by atoms with Crippen LogP contribution in [0.3, 0.4) is 0 Å². The molecule has 3 N–H and O–H groups in total. The average molecular weight is 1200 g/mol. The summed E-state index contributed by atoms with van der Waals surface area (Å²) in [6.45, 7) is 4.96. The van der Waals surface area contributed by atoms with Gasteiger partial charge in [-0.05, 0) is 57.8 Å². The highest BCUT2D eigenvalue weighted by Gasteiger charge is 2.18. The van der Waals surface area contributed by atoms with Crippen LogP contribution in [0, 0.1) is 0 Å². The summed E-state index contributed by atoms with van der Waals surface area (Å²) in [4.78, 5) is 24.7. The Bertz CT molecular complexity index is 1330. The molecule has 0 saturated heterocycles. The van der Waals surface area contributed by atoms with E-state index in [0.717, 1.165) is 38.5 Å². The number of hydrogen-bond donors (Lipinski definition) is 3. The van der Waals surface area contributed by atoms with Crippen LogP contribution < -0.4 is 5.32 Å². The predicted octanol–water partition coefficient (Wildman–Crippen LogP) is 25.7. The van der Waals surface area contributed by atoms with Gasteiger partial charge in [0.25, 0.3) is 0 Å². The number of rotatable bonds is 74. The third kappa shape index (κ3) is 71.3. The molecule has 85 heavy (non-hydrogen) atoms. The van der Waals surface area contributed by atoms with Gasteiger partial charge in [-0.25, -0.2) is 0 Å². The van der Waals surface area contributed by atoms with Crippen LogP contribution in [0.4, 0.5) is 0 Å². The molecule has 504 valence electrons. The van der Waals surface area contributed by atoms with E-state index in [-0.39, 0.29) is 18.5 Å². The third-order valence-electron chi connectivity index (χ3n) is 18.5. The van der Waals surface area contributed by atoms with E-state index in [1.54, 1.807) is 6.08 Å². The van der Waals surface area contributed by atoms with E-state index in [2.05, 4.69) is 31.3 Å². The van der Waals surface area contributed by atoms with E-state index in [1.165, 1.54) is 379 Å². The molecule has 0 bridgehead atoms. The smallest absolute Gasteiger partial charge is 0.305 e. The van der Waals surface area contributed by atoms with Crippen LogP contribution in [-0.4, -0.2) is 47.4 Å². The minimum Gasteiger partial charge on any atom is -0.466 e. The van der Waals surface area contributed by atoms with Crippen molar-refractivity contribution in [3.8, 4) is 0 Å². The molecule has 1 amide bonds. The lowest BCUT2D eigenvalue weighted by Crippen LogP contribution is -2.45. The van der Waals surface area contributed by atoms with E-state index < -0.39 is 12.1 Å². The lowest BCUT2D eigenvalue weighted by Gasteiger charge is -2.20. The molecule has 0 aliphatic heterocycles. The summed E-state index contributed by atoms with van der Waals surface area (Å²) >= 11 is 0. The molecule has 0 saturated carbocycles. The first-order valence-corrected chi connectivity index (χ1v) is 39.1. The van der Waals surface area contributed by atoms with Crippen molar-refractivity contribution in [2.45, 2.75) is 456 Å². The zero-order chi connectivity index (χ0) is 61.3. The number of ether oxygens (including phenoxy) is 1. The molecule has 0 aliphatic carbocycles. The zero-order valence-corrected chi connectivity index (χ0v) is 57.9. The Balaban J connectivity index is 3.39. The highest BCUT2D eigenvalue weighted by atomic mass is 16.5. The van der Waals surface area contributed by atoms with Gasteiger partial charge in [0.15, 0.2) is 0 Å². The highest BCUT2D eigenvalue weighted by Crippen LogP contribution is 2.20. The first-order valence-electron chi connectivity index (χ1n) is 39.1. The number of amides is 1. The molecule has 2 atom stereocenters. The Morgan fingerprint density at radius 2 is 0.553 bits per heavy atom. The van der Waals surface area contributed by atoms with Crippen LogP contribution in [0.2, 0.25) is 0 Å². The largest absolute Gasteiger partial charge is 0.466 e. The maximum Gasteiger partial charge on any atom is 0.305 e. The van der Waals surface area contributed by atoms with Crippen molar-refractivity contribution in [1.29, 1.82) is 0 Å². The normalized spacial score (nSPS) is 12.6. The van der Waals surface area contributed by atoms with Gasteiger partial charge < -0.3 is 20.3 Å². The molecule has 0 aliphatic rings. The minimum atomic E-state index is -0.846. The van der Waals surface area contributed by atoms with Gasteiger partial charge in [0.2, 0.25) is 5.91 Å². The second-order valence-electron chi connectivity index (χ2n) is 27.0. The molecule has 0 rings (SSSR count). The summed E-state index contributed by atoms with van der Waals surface area (Å²) in [7, 11) is 0. The fraction of sp³-hybridized carbons (Fsp3) is 0.924. The van der Waals surface area contributed by atoms with E-state index in [0.29, 0.717) is 19.4 Å². The number of esters is 1. The number of aliphatic hydroxyl groups is 2. The summed E-state index contributed by atoms with van der Waals surface area (Å²) in [6.07, 6.45) is 95.7. The van der Waals surface area contributed by atoms with E-state index in [9.17, 15) is 19.8 Å². The Labute approximate surface area is 532 Å². The molecular formula is C79H153NO5. The molecule has 0 fully saturated rings. The van der Waals surface area contributed by atoms with E-state index >= 15 is 0 Å². The van der Waals surface area contributed by atoms with Crippen molar-refractivity contribution in [3.05, 3.63) is 24.3 Å². The Hall–Kier alpha value is -1.66. The van der Waals surface area contributed by atoms with Gasteiger partial charge in [-0.1, -0.05) is 398 Å². The van der Waals surface area contributed by atoms with Crippen LogP contribution in [0.5, 0.6) is 0 Å². The number of carbonyl (C=O) groups excluding carboxylic acids is 2. The van der Waals surface area contributed by atoms with Crippen LogP contribution in [-0.2, 0) is 14.3 Å². The Morgan fingerprint density at radius 3 is 0.835 bits per heavy atom. The third-order valence-corrected chi connectivity index (χ3v) is 18.5. The van der Waals surface area contributed by atoms with Crippen molar-refractivity contribution in [2.24, 2.45) is 0 Å². The molecule has 0 aromatic heterocycles. The van der Waals surface area contributed by atoms with Gasteiger partial charge in [0, 0.05) is 12.8 Å². The summed E-state index contributed by atoms with van der Waals surface area (Å²) in [6, 6.07) is -0.630. The molecule has 6 nitrogen and oxygen atoms in total. The molecule has 2 unspecified atom stereocenters. The standard InChI is InChI=1S/C79H153NO5/c1-3-5-7-9-11-13-15-17-19-21-22-23-24-30-33-36-40-43-47-51-55-59-63-67-71-77(82)76(75-81)80-78(83)72-68-64-60-56-52-48-44-41-37-34-31-28-26-25-27-29-32-35-38-42-46-50-54-58-62-66-70-74-85-79(84)73-69-65-61-57-53-49-45-39-20-18-16-14-12-10-8-6-4-2/h25-26,67,71,76-77,81-82H,3-24,27-66,68-70,72-75H2,1-2H3,(H,80,83)/b26-25-,71-67+. The van der Waals surface area contributed by atoms with E-state index in [4.69, 9.17) is 4.74 Å². The minimum absolute atomic E-state index is 0.0198. The number of unbranched alkanes of at least 4 members (excludes halogenated alkanes) is 61. The summed E-state index contributed by atoms with van der Waals surface area (Å²) in [5, 5.41) is 23.3. The van der Waals surface area contributed by atoms with Gasteiger partial charge in [-0.3, -0.25) is 9.59 Å². The molecule has 0 spiro atoms. The molecule has 0 aromatic rings. The van der Waals surface area contributed by atoms with Crippen molar-refractivity contribution in [3.63, 3.8) is 0 Å². The lowest BCUT2D eigenvalue weighted by molar-refractivity contribution is -0.143. The van der Waals surface area contributed by atoms with E-state index in [1.807, 2.05) is 6.08 Å². The van der Waals surface area contributed by atoms with Crippen molar-refractivity contribution >= 4 is 11.9 Å². The van der Waals surface area contributed by atoms with Crippen molar-refractivity contribution in [2.75, 3.05) is 13.2 Å². The summed E-state index contributed by atoms with van der Waals surface area (Å²) < 4.78 is 5.51. The van der Waals surface area contributed by atoms with Crippen LogP contribution in [0.25, 0.3) is 0 Å². The molecular weight excluding hydrogens is 1040 g/mol. The summed E-state index contributed by atoms with van der Waals surface area (Å²) in [5.41, 5.74) is 0. The van der Waals surface area contributed by atoms with Gasteiger partial charge in [-0.2, -0.15) is 0 Å². The predicted molar refractivity (Wildman–Crippen MR) is 375 cm³/mol. The number of carbonyl (C=O) groups is 2. The molecule has 6 heteroatoms. The molecule has 0 aromatic carbocycles. The van der Waals surface area contributed by atoms with Crippen LogP contribution in [0.15, 0.2) is 24.3 Å². The second kappa shape index (κ2) is 74.8. The Morgan fingerprint density at radius 1 is 0.318 bits per heavy atom. The fourth-order valence-electron chi connectivity index (χ4n) is 12.5. The molecule has 0 radical (unpaired) electrons. The number of hydrogen-bond acceptors (Lipinski definition) is 5. The number of allylic oxidation sites excluding steroid dienone is 3. The first-order chi connectivity index (χ1) is 42.0. The average Bonchev–Trinajstić information content (AvgIpc) is 3.51. The first kappa shape index (κ1) is 83.3. The highest BCUT2D eigenvalue weighted by molar-refractivity contribution is 5.76. The zero-order valence-electron chi connectivity index (χ0n) is 57.9.